The first-order valence-corrected chi connectivity index (χ1v) is 11.1. The molecule has 3 aromatic carbocycles. The highest BCUT2D eigenvalue weighted by atomic mass is 35.5. The van der Waals surface area contributed by atoms with Gasteiger partial charge in [-0.1, -0.05) is 29.8 Å². The van der Waals surface area contributed by atoms with Crippen molar-refractivity contribution in [1.29, 1.82) is 5.26 Å². The fourth-order valence-electron chi connectivity index (χ4n) is 3.10. The number of halogens is 1. The zero-order chi connectivity index (χ0) is 24.5. The molecule has 0 atom stereocenters. The Morgan fingerprint density at radius 1 is 1.03 bits per heavy atom. The summed E-state index contributed by atoms with van der Waals surface area (Å²) in [7, 11) is 3.88. The van der Waals surface area contributed by atoms with Gasteiger partial charge in [-0.3, -0.25) is 4.79 Å². The zero-order valence-corrected chi connectivity index (χ0v) is 20.1. The van der Waals surface area contributed by atoms with Gasteiger partial charge in [-0.05, 0) is 72.7 Å². The lowest BCUT2D eigenvalue weighted by atomic mass is 10.1. The lowest BCUT2D eigenvalue weighted by Gasteiger charge is -2.13. The van der Waals surface area contributed by atoms with Crippen molar-refractivity contribution in [3.8, 4) is 17.6 Å². The Morgan fingerprint density at radius 2 is 1.74 bits per heavy atom. The molecule has 7 heteroatoms. The summed E-state index contributed by atoms with van der Waals surface area (Å²) in [5, 5.41) is 13.0. The molecule has 0 fully saturated rings. The lowest BCUT2D eigenvalue weighted by Crippen LogP contribution is -2.14. The first-order valence-electron chi connectivity index (χ1n) is 10.7. The molecule has 0 aliphatic carbocycles. The van der Waals surface area contributed by atoms with Crippen molar-refractivity contribution < 1.29 is 14.3 Å². The monoisotopic (exact) mass is 475 g/mol. The fraction of sp³-hybridized carbons (Fsp3) is 0.185. The van der Waals surface area contributed by atoms with Crippen LogP contribution in [0, 0.1) is 11.3 Å². The molecule has 0 heterocycles. The zero-order valence-electron chi connectivity index (χ0n) is 19.3. The Morgan fingerprint density at radius 3 is 2.35 bits per heavy atom. The highest BCUT2D eigenvalue weighted by molar-refractivity contribution is 6.30. The normalized spacial score (nSPS) is 10.9. The van der Waals surface area contributed by atoms with Gasteiger partial charge in [-0.25, -0.2) is 0 Å². The molecule has 0 saturated carbocycles. The summed E-state index contributed by atoms with van der Waals surface area (Å²) in [4.78, 5) is 14.6. The Balaban J connectivity index is 1.75. The molecular weight excluding hydrogens is 450 g/mol. The Kier molecular flexibility index (Phi) is 8.55. The second-order valence-corrected chi connectivity index (χ2v) is 8.06. The van der Waals surface area contributed by atoms with Crippen LogP contribution in [0.25, 0.3) is 6.08 Å². The van der Waals surface area contributed by atoms with Crippen LogP contribution in [-0.4, -0.2) is 26.6 Å². The van der Waals surface area contributed by atoms with Gasteiger partial charge in [0, 0.05) is 30.5 Å². The second-order valence-electron chi connectivity index (χ2n) is 7.62. The highest BCUT2D eigenvalue weighted by Gasteiger charge is 2.12. The summed E-state index contributed by atoms with van der Waals surface area (Å²) >= 11 is 5.93. The Bertz CT molecular complexity index is 1200. The first-order chi connectivity index (χ1) is 16.4. The van der Waals surface area contributed by atoms with Crippen LogP contribution in [0.15, 0.2) is 72.3 Å². The van der Waals surface area contributed by atoms with Crippen LogP contribution in [-0.2, 0) is 11.4 Å². The number of hydrogen-bond donors (Lipinski definition) is 1. The molecule has 3 rings (SSSR count). The van der Waals surface area contributed by atoms with Crippen LogP contribution < -0.4 is 19.7 Å². The van der Waals surface area contributed by atoms with E-state index in [9.17, 15) is 10.1 Å². The van der Waals surface area contributed by atoms with E-state index in [1.54, 1.807) is 30.3 Å². The van der Waals surface area contributed by atoms with Gasteiger partial charge in [0.05, 0.1) is 6.61 Å². The van der Waals surface area contributed by atoms with E-state index in [4.69, 9.17) is 21.1 Å². The standard InChI is InChI=1S/C27H26ClN3O3/c1-4-33-26-16-20(7-14-25(26)34-18-19-5-8-22(28)9-6-19)15-21(17-29)27(32)30-23-10-12-24(13-11-23)31(2)3/h5-16H,4,18H2,1-3H3,(H,30,32)/b21-15-. The molecule has 0 bridgehead atoms. The van der Waals surface area contributed by atoms with E-state index in [0.29, 0.717) is 41.0 Å². The predicted molar refractivity (Wildman–Crippen MR) is 136 cm³/mol. The minimum absolute atomic E-state index is 0.0195. The van der Waals surface area contributed by atoms with Gasteiger partial charge in [0.2, 0.25) is 0 Å². The summed E-state index contributed by atoms with van der Waals surface area (Å²) in [5.74, 6) is 0.612. The summed E-state index contributed by atoms with van der Waals surface area (Å²) in [6.07, 6.45) is 1.52. The first kappa shape index (κ1) is 24.7. The van der Waals surface area contributed by atoms with E-state index in [0.717, 1.165) is 11.3 Å². The highest BCUT2D eigenvalue weighted by Crippen LogP contribution is 2.30. The van der Waals surface area contributed by atoms with E-state index < -0.39 is 5.91 Å². The number of nitrogens with zero attached hydrogens (tertiary/aromatic N) is 2. The van der Waals surface area contributed by atoms with Crippen LogP contribution in [0.5, 0.6) is 11.5 Å². The van der Waals surface area contributed by atoms with Crippen LogP contribution in [0.4, 0.5) is 11.4 Å². The molecule has 6 nitrogen and oxygen atoms in total. The molecule has 0 aliphatic heterocycles. The predicted octanol–water partition coefficient (Wildman–Crippen LogP) is 5.93. The molecule has 34 heavy (non-hydrogen) atoms. The molecule has 174 valence electrons. The molecule has 3 aromatic rings. The van der Waals surface area contributed by atoms with Crippen molar-refractivity contribution in [3.63, 3.8) is 0 Å². The van der Waals surface area contributed by atoms with Gasteiger partial charge in [-0.15, -0.1) is 0 Å². The lowest BCUT2D eigenvalue weighted by molar-refractivity contribution is -0.112. The van der Waals surface area contributed by atoms with Gasteiger partial charge in [0.25, 0.3) is 5.91 Å². The van der Waals surface area contributed by atoms with E-state index in [2.05, 4.69) is 5.32 Å². The van der Waals surface area contributed by atoms with Gasteiger partial charge >= 0.3 is 0 Å². The molecule has 0 spiro atoms. The van der Waals surface area contributed by atoms with Crippen molar-refractivity contribution in [3.05, 3.63) is 88.5 Å². The Hall–Kier alpha value is -3.95. The molecular formula is C27H26ClN3O3. The fourth-order valence-corrected chi connectivity index (χ4v) is 3.23. The molecule has 0 radical (unpaired) electrons. The maximum absolute atomic E-state index is 12.7. The van der Waals surface area contributed by atoms with Gasteiger partial charge in [0.15, 0.2) is 11.5 Å². The quantitative estimate of drug-likeness (QED) is 0.306. The van der Waals surface area contributed by atoms with E-state index in [-0.39, 0.29) is 5.57 Å². The smallest absolute Gasteiger partial charge is 0.266 e. The van der Waals surface area contributed by atoms with Crippen LogP contribution >= 0.6 is 11.6 Å². The third-order valence-corrected chi connectivity index (χ3v) is 5.14. The van der Waals surface area contributed by atoms with Gasteiger partial charge < -0.3 is 19.7 Å². The maximum Gasteiger partial charge on any atom is 0.266 e. The summed E-state index contributed by atoms with van der Waals surface area (Å²) in [6.45, 7) is 2.67. The molecule has 0 saturated heterocycles. The van der Waals surface area contributed by atoms with Crippen molar-refractivity contribution in [1.82, 2.24) is 0 Å². The van der Waals surface area contributed by atoms with Crippen molar-refractivity contribution in [2.75, 3.05) is 30.9 Å². The minimum atomic E-state index is -0.485. The van der Waals surface area contributed by atoms with E-state index in [1.165, 1.54) is 6.08 Å². The Labute approximate surface area is 205 Å². The number of nitrogens with one attached hydrogen (secondary N) is 1. The van der Waals surface area contributed by atoms with Crippen molar-refractivity contribution >= 4 is 35.0 Å². The number of hydrogen-bond acceptors (Lipinski definition) is 5. The minimum Gasteiger partial charge on any atom is -0.490 e. The summed E-state index contributed by atoms with van der Waals surface area (Å²) < 4.78 is 11.6. The summed E-state index contributed by atoms with van der Waals surface area (Å²) in [5.41, 5.74) is 3.22. The van der Waals surface area contributed by atoms with Gasteiger partial charge in [0.1, 0.15) is 18.2 Å². The van der Waals surface area contributed by atoms with Crippen LogP contribution in [0.2, 0.25) is 5.02 Å². The number of anilines is 2. The molecule has 1 N–H and O–H groups in total. The average molecular weight is 476 g/mol. The van der Waals surface area contributed by atoms with Crippen LogP contribution in [0.1, 0.15) is 18.1 Å². The second kappa shape index (κ2) is 11.8. The number of nitriles is 1. The number of benzene rings is 3. The SMILES string of the molecule is CCOc1cc(/C=C(/C#N)C(=O)Nc2ccc(N(C)C)cc2)ccc1OCc1ccc(Cl)cc1. The average Bonchev–Trinajstić information content (AvgIpc) is 2.83. The largest absolute Gasteiger partial charge is 0.490 e. The van der Waals surface area contributed by atoms with Gasteiger partial charge in [-0.2, -0.15) is 5.26 Å². The summed E-state index contributed by atoms with van der Waals surface area (Å²) in [6, 6.07) is 22.0. The topological polar surface area (TPSA) is 74.6 Å². The molecule has 0 aliphatic rings. The third kappa shape index (κ3) is 6.77. The molecule has 0 unspecified atom stereocenters. The number of rotatable bonds is 9. The number of ether oxygens (including phenoxy) is 2. The number of carbonyl (C=O) groups is 1. The van der Waals surface area contributed by atoms with E-state index >= 15 is 0 Å². The maximum atomic E-state index is 12.7. The number of carbonyl (C=O) groups excluding carboxylic acids is 1. The van der Waals surface area contributed by atoms with Crippen LogP contribution in [0.3, 0.4) is 0 Å². The van der Waals surface area contributed by atoms with Crippen molar-refractivity contribution in [2.24, 2.45) is 0 Å². The van der Waals surface area contributed by atoms with Crippen molar-refractivity contribution in [2.45, 2.75) is 13.5 Å². The molecule has 1 amide bonds. The molecule has 0 aromatic heterocycles. The third-order valence-electron chi connectivity index (χ3n) is 4.89. The van der Waals surface area contributed by atoms with E-state index in [1.807, 2.05) is 68.4 Å². The number of amides is 1.